The molecule has 0 saturated heterocycles. The lowest BCUT2D eigenvalue weighted by atomic mass is 10.2. The fraction of sp³-hybridized carbons (Fsp3) is 0.526. The number of para-hydroxylation sites is 2. The predicted octanol–water partition coefficient (Wildman–Crippen LogP) is 2.84. The summed E-state index contributed by atoms with van der Waals surface area (Å²) in [5, 5.41) is 2.80. The van der Waals surface area contributed by atoms with E-state index in [0.29, 0.717) is 6.54 Å². The molecule has 2 rings (SSSR count). The lowest BCUT2D eigenvalue weighted by Gasteiger charge is -2.11. The summed E-state index contributed by atoms with van der Waals surface area (Å²) < 4.78 is 7.23. The summed E-state index contributed by atoms with van der Waals surface area (Å²) in [6.45, 7) is 6.10. The molecule has 0 fully saturated rings. The first-order valence-electron chi connectivity index (χ1n) is 8.85. The molecule has 6 nitrogen and oxygen atoms in total. The minimum Gasteiger partial charge on any atom is -0.462 e. The van der Waals surface area contributed by atoms with E-state index >= 15 is 0 Å². The number of hydrogen-bond acceptors (Lipinski definition) is 4. The Balaban J connectivity index is 2.01. The average Bonchev–Trinajstić information content (AvgIpc) is 2.87. The quantitative estimate of drug-likeness (QED) is 0.560. The van der Waals surface area contributed by atoms with Gasteiger partial charge in [0.1, 0.15) is 12.4 Å². The van der Waals surface area contributed by atoms with Crippen molar-refractivity contribution in [2.45, 2.75) is 59.1 Å². The van der Waals surface area contributed by atoms with E-state index in [4.69, 9.17) is 4.74 Å². The molecule has 0 atom stereocenters. The van der Waals surface area contributed by atoms with Crippen molar-refractivity contribution in [2.24, 2.45) is 0 Å². The number of ether oxygens (including phenoxy) is 1. The zero-order chi connectivity index (χ0) is 18.2. The molecule has 1 aromatic carbocycles. The molecule has 0 aliphatic heterocycles. The van der Waals surface area contributed by atoms with Crippen LogP contribution in [0.4, 0.5) is 0 Å². The Hall–Kier alpha value is -2.37. The maximum atomic E-state index is 12.1. The van der Waals surface area contributed by atoms with Crippen LogP contribution in [0.1, 0.15) is 45.9 Å². The van der Waals surface area contributed by atoms with Gasteiger partial charge in [0.25, 0.3) is 0 Å². The zero-order valence-electron chi connectivity index (χ0n) is 15.2. The molecule has 6 heteroatoms. The first-order chi connectivity index (χ1) is 12.0. The van der Waals surface area contributed by atoms with Crippen LogP contribution in [0.3, 0.4) is 0 Å². The summed E-state index contributed by atoms with van der Waals surface area (Å²) in [6, 6.07) is 7.83. The number of nitrogens with one attached hydrogen (secondary N) is 1. The minimum absolute atomic E-state index is 0.00505. The smallest absolute Gasteiger partial charge is 0.326 e. The van der Waals surface area contributed by atoms with E-state index < -0.39 is 0 Å². The van der Waals surface area contributed by atoms with Crippen LogP contribution in [-0.4, -0.2) is 34.1 Å². The molecule has 0 saturated carbocycles. The molecule has 0 spiro atoms. The van der Waals surface area contributed by atoms with Crippen LogP contribution in [0.5, 0.6) is 0 Å². The maximum Gasteiger partial charge on any atom is 0.326 e. The van der Waals surface area contributed by atoms with Crippen LogP contribution in [0.15, 0.2) is 24.3 Å². The van der Waals surface area contributed by atoms with E-state index in [2.05, 4.69) is 10.3 Å². The van der Waals surface area contributed by atoms with Gasteiger partial charge in [0.2, 0.25) is 5.91 Å². The Morgan fingerprint density at radius 2 is 1.96 bits per heavy atom. The molecule has 0 bridgehead atoms. The summed E-state index contributed by atoms with van der Waals surface area (Å²) in [6.07, 6.45) is 3.57. The van der Waals surface area contributed by atoms with Crippen molar-refractivity contribution in [3.05, 3.63) is 30.1 Å². The molecule has 2 aromatic rings. The number of unbranched alkanes of at least 4 members (excludes halogenated alkanes) is 2. The van der Waals surface area contributed by atoms with E-state index in [1.165, 1.54) is 6.92 Å². The fourth-order valence-corrected chi connectivity index (χ4v) is 2.77. The normalized spacial score (nSPS) is 11.0. The van der Waals surface area contributed by atoms with E-state index in [1.807, 2.05) is 42.7 Å². The van der Waals surface area contributed by atoms with Crippen LogP contribution in [0, 0.1) is 0 Å². The molecule has 1 N–H and O–H groups in total. The monoisotopic (exact) mass is 345 g/mol. The van der Waals surface area contributed by atoms with Gasteiger partial charge in [-0.15, -0.1) is 0 Å². The average molecular weight is 345 g/mol. The van der Waals surface area contributed by atoms with Gasteiger partial charge in [-0.1, -0.05) is 18.6 Å². The van der Waals surface area contributed by atoms with Gasteiger partial charge < -0.3 is 14.6 Å². The number of benzene rings is 1. The second-order valence-corrected chi connectivity index (χ2v) is 6.44. The number of carbonyl (C=O) groups is 2. The number of carbonyl (C=O) groups excluding carboxylic acids is 2. The molecular formula is C19H27N3O3. The number of imidazole rings is 1. The van der Waals surface area contributed by atoms with Gasteiger partial charge in [0, 0.05) is 19.9 Å². The highest BCUT2D eigenvalue weighted by molar-refractivity contribution is 5.79. The van der Waals surface area contributed by atoms with E-state index in [0.717, 1.165) is 42.5 Å². The van der Waals surface area contributed by atoms with Gasteiger partial charge in [-0.2, -0.15) is 0 Å². The Labute approximate surface area is 148 Å². The molecule has 0 aliphatic rings. The van der Waals surface area contributed by atoms with Crippen LogP contribution in [0.25, 0.3) is 11.0 Å². The third-order valence-electron chi connectivity index (χ3n) is 3.84. The highest BCUT2D eigenvalue weighted by Gasteiger charge is 2.14. The van der Waals surface area contributed by atoms with Crippen LogP contribution < -0.4 is 5.32 Å². The second kappa shape index (κ2) is 9.20. The summed E-state index contributed by atoms with van der Waals surface area (Å²) in [7, 11) is 0. The van der Waals surface area contributed by atoms with Gasteiger partial charge >= 0.3 is 5.97 Å². The van der Waals surface area contributed by atoms with E-state index in [-0.39, 0.29) is 24.5 Å². The molecule has 1 heterocycles. The Kier molecular flexibility index (Phi) is 6.98. The van der Waals surface area contributed by atoms with Crippen molar-refractivity contribution in [3.63, 3.8) is 0 Å². The molecule has 0 radical (unpaired) electrons. The zero-order valence-corrected chi connectivity index (χ0v) is 15.2. The number of nitrogens with zero attached hydrogens (tertiary/aromatic N) is 2. The largest absolute Gasteiger partial charge is 0.462 e. The number of amides is 1. The summed E-state index contributed by atoms with van der Waals surface area (Å²) >= 11 is 0. The van der Waals surface area contributed by atoms with Gasteiger partial charge in [-0.05, 0) is 38.8 Å². The lowest BCUT2D eigenvalue weighted by Crippen LogP contribution is -2.20. The molecule has 0 aliphatic carbocycles. The van der Waals surface area contributed by atoms with Gasteiger partial charge in [0.05, 0.1) is 17.1 Å². The SMILES string of the molecule is CC(=O)NCCCCCc1nc2ccccc2n1CC(=O)OC(C)C. The van der Waals surface area contributed by atoms with Crippen molar-refractivity contribution in [2.75, 3.05) is 6.54 Å². The Bertz CT molecular complexity index is 722. The molecule has 136 valence electrons. The van der Waals surface area contributed by atoms with Crippen LogP contribution in [-0.2, 0) is 27.3 Å². The highest BCUT2D eigenvalue weighted by Crippen LogP contribution is 2.18. The molecule has 1 amide bonds. The first kappa shape index (κ1) is 19.0. The first-order valence-corrected chi connectivity index (χ1v) is 8.85. The molecule has 25 heavy (non-hydrogen) atoms. The highest BCUT2D eigenvalue weighted by atomic mass is 16.5. The van der Waals surface area contributed by atoms with Crippen molar-refractivity contribution in [3.8, 4) is 0 Å². The van der Waals surface area contributed by atoms with Crippen LogP contribution >= 0.6 is 0 Å². The molecular weight excluding hydrogens is 318 g/mol. The summed E-state index contributed by atoms with van der Waals surface area (Å²) in [4.78, 5) is 27.6. The number of esters is 1. The Morgan fingerprint density at radius 1 is 1.20 bits per heavy atom. The standard InChI is InChI=1S/C19H27N3O3/c1-14(2)25-19(24)13-22-17-10-7-6-9-16(17)21-18(22)11-5-4-8-12-20-15(3)23/h6-7,9-10,14H,4-5,8,11-13H2,1-3H3,(H,20,23). The maximum absolute atomic E-state index is 12.1. The van der Waals surface area contributed by atoms with Gasteiger partial charge in [0.15, 0.2) is 0 Å². The number of rotatable bonds is 9. The lowest BCUT2D eigenvalue weighted by molar-refractivity contribution is -0.148. The molecule has 0 unspecified atom stereocenters. The van der Waals surface area contributed by atoms with Gasteiger partial charge in [-0.25, -0.2) is 4.98 Å². The van der Waals surface area contributed by atoms with Gasteiger partial charge in [-0.3, -0.25) is 9.59 Å². The van der Waals surface area contributed by atoms with Crippen molar-refractivity contribution in [1.82, 2.24) is 14.9 Å². The van der Waals surface area contributed by atoms with E-state index in [9.17, 15) is 9.59 Å². The number of aromatic nitrogens is 2. The Morgan fingerprint density at radius 3 is 2.68 bits per heavy atom. The van der Waals surface area contributed by atoms with Crippen LogP contribution in [0.2, 0.25) is 0 Å². The number of fused-ring (bicyclic) bond motifs is 1. The number of aryl methyl sites for hydroxylation is 1. The minimum atomic E-state index is -0.245. The van der Waals surface area contributed by atoms with Crippen molar-refractivity contribution in [1.29, 1.82) is 0 Å². The summed E-state index contributed by atoms with van der Waals surface area (Å²) in [5.74, 6) is 0.664. The third kappa shape index (κ3) is 5.89. The second-order valence-electron chi connectivity index (χ2n) is 6.44. The van der Waals surface area contributed by atoms with Crippen molar-refractivity contribution >= 4 is 22.9 Å². The predicted molar refractivity (Wildman–Crippen MR) is 97.2 cm³/mol. The molecule has 1 aromatic heterocycles. The summed E-state index contributed by atoms with van der Waals surface area (Å²) in [5.41, 5.74) is 1.85. The topological polar surface area (TPSA) is 73.2 Å². The van der Waals surface area contributed by atoms with Crippen molar-refractivity contribution < 1.29 is 14.3 Å². The fourth-order valence-electron chi connectivity index (χ4n) is 2.77. The third-order valence-corrected chi connectivity index (χ3v) is 3.84. The number of hydrogen-bond donors (Lipinski definition) is 1. The van der Waals surface area contributed by atoms with E-state index in [1.54, 1.807) is 0 Å².